The molecule has 1 aromatic carbocycles. The third kappa shape index (κ3) is 4.51. The van der Waals surface area contributed by atoms with Gasteiger partial charge in [0, 0.05) is 48.2 Å². The summed E-state index contributed by atoms with van der Waals surface area (Å²) in [4.78, 5) is 36.2. The van der Waals surface area contributed by atoms with Gasteiger partial charge in [0.1, 0.15) is 0 Å². The van der Waals surface area contributed by atoms with Gasteiger partial charge in [0.25, 0.3) is 0 Å². The molecule has 0 saturated carbocycles. The number of benzene rings is 1. The first kappa shape index (κ1) is 23.4. The molecule has 7 heteroatoms. The lowest BCUT2D eigenvalue weighted by atomic mass is 9.82. The van der Waals surface area contributed by atoms with Crippen LogP contribution in [0.25, 0.3) is 16.5 Å². The molecule has 1 saturated heterocycles. The topological polar surface area (TPSA) is 68.9 Å². The van der Waals surface area contributed by atoms with E-state index >= 15 is 0 Å². The van der Waals surface area contributed by atoms with Gasteiger partial charge in [0.15, 0.2) is 0 Å². The SMILES string of the molecule is CC(C)OC(=O)C1=CN(C(=O)N2CCCC(N(C)C)C2)CC(C)(C)c2c1[nH]c1ccccc21. The van der Waals surface area contributed by atoms with Crippen molar-refractivity contribution in [3.05, 3.63) is 41.7 Å². The van der Waals surface area contributed by atoms with Crippen LogP contribution in [0.15, 0.2) is 30.5 Å². The molecule has 1 aromatic heterocycles. The Morgan fingerprint density at radius 1 is 1.21 bits per heavy atom. The van der Waals surface area contributed by atoms with Crippen LogP contribution in [-0.4, -0.2) is 77.6 Å². The third-order valence-corrected chi connectivity index (χ3v) is 6.71. The summed E-state index contributed by atoms with van der Waals surface area (Å²) in [7, 11) is 4.12. The van der Waals surface area contributed by atoms with Gasteiger partial charge in [-0.15, -0.1) is 0 Å². The number of piperidine rings is 1. The number of nitrogens with zero attached hydrogens (tertiary/aromatic N) is 3. The number of likely N-dealkylation sites (N-methyl/N-ethyl adjacent to an activating group) is 1. The molecular formula is C26H36N4O3. The smallest absolute Gasteiger partial charge is 0.342 e. The van der Waals surface area contributed by atoms with Gasteiger partial charge in [-0.25, -0.2) is 9.59 Å². The fraction of sp³-hybridized carbons (Fsp3) is 0.538. The Bertz CT molecular complexity index is 1080. The van der Waals surface area contributed by atoms with Crippen molar-refractivity contribution < 1.29 is 14.3 Å². The van der Waals surface area contributed by atoms with Crippen molar-refractivity contribution in [2.24, 2.45) is 0 Å². The van der Waals surface area contributed by atoms with Crippen LogP contribution in [0.3, 0.4) is 0 Å². The molecule has 2 aliphatic rings. The molecule has 2 aliphatic heterocycles. The lowest BCUT2D eigenvalue weighted by molar-refractivity contribution is -0.140. The van der Waals surface area contributed by atoms with Gasteiger partial charge in [-0.2, -0.15) is 0 Å². The lowest BCUT2D eigenvalue weighted by Gasteiger charge is -2.39. The van der Waals surface area contributed by atoms with Gasteiger partial charge in [0.05, 0.1) is 17.4 Å². The van der Waals surface area contributed by atoms with Crippen LogP contribution in [-0.2, 0) is 14.9 Å². The van der Waals surface area contributed by atoms with Crippen molar-refractivity contribution in [1.29, 1.82) is 0 Å². The van der Waals surface area contributed by atoms with E-state index in [1.54, 1.807) is 11.1 Å². The van der Waals surface area contributed by atoms with E-state index in [0.717, 1.165) is 41.5 Å². The van der Waals surface area contributed by atoms with Crippen molar-refractivity contribution in [3.8, 4) is 0 Å². The van der Waals surface area contributed by atoms with E-state index in [9.17, 15) is 9.59 Å². The summed E-state index contributed by atoms with van der Waals surface area (Å²) < 4.78 is 5.60. The molecular weight excluding hydrogens is 416 g/mol. The van der Waals surface area contributed by atoms with E-state index in [-0.39, 0.29) is 17.6 Å². The van der Waals surface area contributed by atoms with Crippen molar-refractivity contribution in [2.75, 3.05) is 33.7 Å². The summed E-state index contributed by atoms with van der Waals surface area (Å²) in [5, 5.41) is 1.07. The van der Waals surface area contributed by atoms with Crippen LogP contribution in [0.4, 0.5) is 4.79 Å². The number of likely N-dealkylation sites (tertiary alicyclic amines) is 1. The fourth-order valence-electron chi connectivity index (χ4n) is 5.10. The highest BCUT2D eigenvalue weighted by Crippen LogP contribution is 2.40. The highest BCUT2D eigenvalue weighted by molar-refractivity contribution is 6.18. The molecule has 1 N–H and O–H groups in total. The van der Waals surface area contributed by atoms with E-state index in [4.69, 9.17) is 4.74 Å². The Morgan fingerprint density at radius 2 is 1.94 bits per heavy atom. The zero-order valence-corrected chi connectivity index (χ0v) is 20.6. The first-order valence-electron chi connectivity index (χ1n) is 11.8. The maximum atomic E-state index is 13.7. The maximum absolute atomic E-state index is 13.7. The average molecular weight is 453 g/mol. The minimum atomic E-state index is -0.418. The Labute approximate surface area is 196 Å². The van der Waals surface area contributed by atoms with Gasteiger partial charge in [-0.1, -0.05) is 32.0 Å². The van der Waals surface area contributed by atoms with Crippen molar-refractivity contribution >= 4 is 28.5 Å². The molecule has 1 atom stereocenters. The maximum Gasteiger partial charge on any atom is 0.342 e. The number of hydrogen-bond acceptors (Lipinski definition) is 4. The first-order valence-corrected chi connectivity index (χ1v) is 11.8. The monoisotopic (exact) mass is 452 g/mol. The van der Waals surface area contributed by atoms with Gasteiger partial charge in [-0.05, 0) is 52.4 Å². The van der Waals surface area contributed by atoms with Crippen LogP contribution >= 0.6 is 0 Å². The average Bonchev–Trinajstić information content (AvgIpc) is 3.10. The number of urea groups is 1. The molecule has 0 bridgehead atoms. The fourth-order valence-corrected chi connectivity index (χ4v) is 5.10. The molecule has 2 amide bonds. The number of aromatic amines is 1. The Kier molecular flexibility index (Phi) is 6.27. The third-order valence-electron chi connectivity index (χ3n) is 6.71. The second-order valence-electron chi connectivity index (χ2n) is 10.4. The number of amides is 2. The quantitative estimate of drug-likeness (QED) is 0.709. The van der Waals surface area contributed by atoms with Gasteiger partial charge >= 0.3 is 12.0 Å². The molecule has 1 fully saturated rings. The molecule has 0 radical (unpaired) electrons. The predicted octanol–water partition coefficient (Wildman–Crippen LogP) is 4.20. The van der Waals surface area contributed by atoms with Crippen LogP contribution < -0.4 is 0 Å². The minimum Gasteiger partial charge on any atom is -0.459 e. The number of para-hydroxylation sites is 1. The second kappa shape index (κ2) is 8.86. The summed E-state index contributed by atoms with van der Waals surface area (Å²) >= 11 is 0. The van der Waals surface area contributed by atoms with E-state index in [1.165, 1.54) is 0 Å². The highest BCUT2D eigenvalue weighted by atomic mass is 16.5. The Morgan fingerprint density at radius 3 is 2.64 bits per heavy atom. The van der Waals surface area contributed by atoms with E-state index in [1.807, 2.05) is 36.9 Å². The van der Waals surface area contributed by atoms with Gasteiger partial charge in [-0.3, -0.25) is 4.90 Å². The summed E-state index contributed by atoms with van der Waals surface area (Å²) in [6.07, 6.45) is 3.51. The number of hydrogen-bond donors (Lipinski definition) is 1. The molecule has 4 rings (SSSR count). The molecule has 0 spiro atoms. The van der Waals surface area contributed by atoms with Crippen molar-refractivity contribution in [1.82, 2.24) is 19.7 Å². The number of esters is 1. The zero-order chi connectivity index (χ0) is 23.9. The molecule has 7 nitrogen and oxygen atoms in total. The number of carbonyl (C=O) groups excluding carboxylic acids is 2. The number of nitrogens with one attached hydrogen (secondary N) is 1. The minimum absolute atomic E-state index is 0.0565. The standard InChI is InChI=1S/C26H36N4O3/c1-17(2)33-24(31)20-15-30(25(32)29-13-9-10-18(14-29)28(5)6)16-26(3,4)22-19-11-7-8-12-21(19)27-23(20)22/h7-8,11-12,15,17-18,27H,9-10,13-14,16H2,1-6H3. The number of fused-ring (bicyclic) bond motifs is 3. The molecule has 33 heavy (non-hydrogen) atoms. The molecule has 1 unspecified atom stereocenters. The number of ether oxygens (including phenoxy) is 1. The summed E-state index contributed by atoms with van der Waals surface area (Å²) in [6, 6.07) is 8.36. The molecule has 178 valence electrons. The second-order valence-corrected chi connectivity index (χ2v) is 10.4. The number of carbonyl (C=O) groups is 2. The lowest BCUT2D eigenvalue weighted by Crippen LogP contribution is -2.52. The van der Waals surface area contributed by atoms with Crippen molar-refractivity contribution in [2.45, 2.75) is 58.1 Å². The molecule has 2 aromatic rings. The van der Waals surface area contributed by atoms with Gasteiger partial charge in [0.2, 0.25) is 0 Å². The van der Waals surface area contributed by atoms with Crippen LogP contribution in [0.1, 0.15) is 51.8 Å². The van der Waals surface area contributed by atoms with E-state index in [2.05, 4.69) is 43.9 Å². The number of rotatable bonds is 3. The van der Waals surface area contributed by atoms with E-state index < -0.39 is 5.97 Å². The Balaban J connectivity index is 1.78. The molecule has 0 aliphatic carbocycles. The molecule has 3 heterocycles. The van der Waals surface area contributed by atoms with Crippen LogP contribution in [0, 0.1) is 0 Å². The predicted molar refractivity (Wildman–Crippen MR) is 131 cm³/mol. The number of aromatic nitrogens is 1. The summed E-state index contributed by atoms with van der Waals surface area (Å²) in [5.74, 6) is -0.418. The summed E-state index contributed by atoms with van der Waals surface area (Å²) in [6.45, 7) is 9.84. The first-order chi connectivity index (χ1) is 15.6. The van der Waals surface area contributed by atoms with E-state index in [0.29, 0.717) is 24.7 Å². The number of H-pyrrole nitrogens is 1. The normalized spacial score (nSPS) is 20.6. The largest absolute Gasteiger partial charge is 0.459 e. The Hall–Kier alpha value is -2.80. The van der Waals surface area contributed by atoms with Crippen LogP contribution in [0.5, 0.6) is 0 Å². The van der Waals surface area contributed by atoms with Gasteiger partial charge < -0.3 is 19.5 Å². The van der Waals surface area contributed by atoms with Crippen LogP contribution in [0.2, 0.25) is 0 Å². The van der Waals surface area contributed by atoms with Crippen molar-refractivity contribution in [3.63, 3.8) is 0 Å². The highest BCUT2D eigenvalue weighted by Gasteiger charge is 2.39. The summed E-state index contributed by atoms with van der Waals surface area (Å²) in [5.41, 5.74) is 2.79. The zero-order valence-electron chi connectivity index (χ0n) is 20.6.